The minimum absolute atomic E-state index is 0.697. The van der Waals surface area contributed by atoms with Crippen LogP contribution in [-0.2, 0) is 13.6 Å². The molecule has 3 aromatic heterocycles. The van der Waals surface area contributed by atoms with Gasteiger partial charge in [0.2, 0.25) is 0 Å². The van der Waals surface area contributed by atoms with Crippen molar-refractivity contribution < 1.29 is 0 Å². The Morgan fingerprint density at radius 1 is 1.15 bits per heavy atom. The number of aryl methyl sites for hydroxylation is 2. The van der Waals surface area contributed by atoms with E-state index in [0.717, 1.165) is 23.0 Å². The normalized spacial score (nSPS) is 10.7. The Morgan fingerprint density at radius 2 is 2.05 bits per heavy atom. The molecule has 0 unspecified atom stereocenters. The summed E-state index contributed by atoms with van der Waals surface area (Å²) in [5.74, 6) is 1.76. The zero-order valence-corrected chi connectivity index (χ0v) is 11.5. The first-order valence-electron chi connectivity index (χ1n) is 6.42. The molecule has 1 N–H and O–H groups in total. The Morgan fingerprint density at radius 3 is 2.75 bits per heavy atom. The molecule has 0 aliphatic rings. The standard InChI is InChI=1S/C14H16N6/c1-11-15-8-9-20(11)14-13(4-3-6-16-14)17-10-12-5-7-18-19(12)2/h3-9,17H,10H2,1-2H3. The number of anilines is 1. The van der Waals surface area contributed by atoms with Gasteiger partial charge in [0.15, 0.2) is 5.82 Å². The van der Waals surface area contributed by atoms with E-state index in [1.165, 1.54) is 0 Å². The first-order chi connectivity index (χ1) is 9.75. The molecule has 3 aromatic rings. The number of nitrogens with zero attached hydrogens (tertiary/aromatic N) is 5. The largest absolute Gasteiger partial charge is 0.376 e. The zero-order chi connectivity index (χ0) is 13.9. The Balaban J connectivity index is 1.87. The lowest BCUT2D eigenvalue weighted by Crippen LogP contribution is -2.09. The van der Waals surface area contributed by atoms with Crippen LogP contribution in [0.15, 0.2) is 43.0 Å². The van der Waals surface area contributed by atoms with E-state index in [-0.39, 0.29) is 0 Å². The molecule has 0 aromatic carbocycles. The zero-order valence-electron chi connectivity index (χ0n) is 11.5. The number of pyridine rings is 1. The predicted molar refractivity (Wildman–Crippen MR) is 76.6 cm³/mol. The molecule has 102 valence electrons. The second-order valence-corrected chi connectivity index (χ2v) is 4.52. The molecule has 3 heterocycles. The van der Waals surface area contributed by atoms with Gasteiger partial charge in [0.1, 0.15) is 5.82 Å². The summed E-state index contributed by atoms with van der Waals surface area (Å²) < 4.78 is 3.82. The van der Waals surface area contributed by atoms with Gasteiger partial charge in [0.25, 0.3) is 0 Å². The Kier molecular flexibility index (Phi) is 3.20. The number of aromatic nitrogens is 5. The molecule has 0 aliphatic carbocycles. The van der Waals surface area contributed by atoms with Gasteiger partial charge in [-0.15, -0.1) is 0 Å². The van der Waals surface area contributed by atoms with Crippen molar-refractivity contribution in [1.29, 1.82) is 0 Å². The average Bonchev–Trinajstić information content (AvgIpc) is 3.06. The molecule has 0 amide bonds. The minimum atomic E-state index is 0.697. The van der Waals surface area contributed by atoms with Crippen molar-refractivity contribution in [3.63, 3.8) is 0 Å². The molecular weight excluding hydrogens is 252 g/mol. The van der Waals surface area contributed by atoms with Crippen LogP contribution in [0.2, 0.25) is 0 Å². The van der Waals surface area contributed by atoms with Crippen LogP contribution in [-0.4, -0.2) is 24.3 Å². The highest BCUT2D eigenvalue weighted by atomic mass is 15.3. The van der Waals surface area contributed by atoms with Crippen molar-refractivity contribution >= 4 is 5.69 Å². The smallest absolute Gasteiger partial charge is 0.161 e. The highest BCUT2D eigenvalue weighted by Crippen LogP contribution is 2.19. The van der Waals surface area contributed by atoms with Crippen molar-refractivity contribution in [2.75, 3.05) is 5.32 Å². The second kappa shape index (κ2) is 5.16. The summed E-state index contributed by atoms with van der Waals surface area (Å²) in [5, 5.41) is 7.56. The van der Waals surface area contributed by atoms with Crippen LogP contribution < -0.4 is 5.32 Å². The van der Waals surface area contributed by atoms with Crippen LogP contribution >= 0.6 is 0 Å². The quantitative estimate of drug-likeness (QED) is 0.785. The third-order valence-electron chi connectivity index (χ3n) is 3.22. The summed E-state index contributed by atoms with van der Waals surface area (Å²) in [6, 6.07) is 5.92. The van der Waals surface area contributed by atoms with E-state index < -0.39 is 0 Å². The lowest BCUT2D eigenvalue weighted by molar-refractivity contribution is 0.720. The van der Waals surface area contributed by atoms with Gasteiger partial charge in [-0.2, -0.15) is 5.10 Å². The number of hydrogen-bond acceptors (Lipinski definition) is 4. The van der Waals surface area contributed by atoms with Crippen LogP contribution in [0.25, 0.3) is 5.82 Å². The fourth-order valence-corrected chi connectivity index (χ4v) is 2.09. The Hall–Kier alpha value is -2.63. The molecule has 0 aliphatic heterocycles. The summed E-state index contributed by atoms with van der Waals surface area (Å²) in [4.78, 5) is 8.68. The molecule has 0 bridgehead atoms. The van der Waals surface area contributed by atoms with Gasteiger partial charge in [0.05, 0.1) is 17.9 Å². The third kappa shape index (κ3) is 2.27. The van der Waals surface area contributed by atoms with Gasteiger partial charge in [-0.05, 0) is 25.1 Å². The SMILES string of the molecule is Cc1nccn1-c1ncccc1NCc1ccnn1C. The van der Waals surface area contributed by atoms with E-state index in [9.17, 15) is 0 Å². The van der Waals surface area contributed by atoms with Gasteiger partial charge in [-0.1, -0.05) is 0 Å². The molecule has 6 nitrogen and oxygen atoms in total. The Labute approximate surface area is 117 Å². The topological polar surface area (TPSA) is 60.6 Å². The summed E-state index contributed by atoms with van der Waals surface area (Å²) in [7, 11) is 1.93. The third-order valence-corrected chi connectivity index (χ3v) is 3.22. The highest BCUT2D eigenvalue weighted by Gasteiger charge is 2.08. The molecule has 0 saturated carbocycles. The van der Waals surface area contributed by atoms with E-state index in [2.05, 4.69) is 20.4 Å². The van der Waals surface area contributed by atoms with Crippen molar-refractivity contribution in [2.24, 2.45) is 7.05 Å². The maximum Gasteiger partial charge on any atom is 0.161 e. The first-order valence-corrected chi connectivity index (χ1v) is 6.42. The lowest BCUT2D eigenvalue weighted by Gasteiger charge is -2.12. The predicted octanol–water partition coefficient (Wildman–Crippen LogP) is 1.92. The van der Waals surface area contributed by atoms with Crippen molar-refractivity contribution in [1.82, 2.24) is 24.3 Å². The Bertz CT molecular complexity index is 712. The van der Waals surface area contributed by atoms with E-state index in [0.29, 0.717) is 6.54 Å². The molecule has 0 spiro atoms. The van der Waals surface area contributed by atoms with Crippen LogP contribution in [0.4, 0.5) is 5.69 Å². The maximum absolute atomic E-state index is 4.44. The van der Waals surface area contributed by atoms with Crippen molar-refractivity contribution in [3.05, 3.63) is 54.5 Å². The van der Waals surface area contributed by atoms with E-state index >= 15 is 0 Å². The van der Waals surface area contributed by atoms with Gasteiger partial charge in [-0.3, -0.25) is 9.25 Å². The summed E-state index contributed by atoms with van der Waals surface area (Å²) in [5.41, 5.74) is 2.08. The van der Waals surface area contributed by atoms with Crippen LogP contribution in [0, 0.1) is 6.92 Å². The fraction of sp³-hybridized carbons (Fsp3) is 0.214. The van der Waals surface area contributed by atoms with E-state index in [1.807, 2.05) is 47.6 Å². The molecule has 0 fully saturated rings. The van der Waals surface area contributed by atoms with E-state index in [1.54, 1.807) is 18.6 Å². The summed E-state index contributed by atoms with van der Waals surface area (Å²) in [6.07, 6.45) is 7.26. The molecule has 0 radical (unpaired) electrons. The van der Waals surface area contributed by atoms with Gasteiger partial charge in [0, 0.05) is 31.8 Å². The van der Waals surface area contributed by atoms with Crippen LogP contribution in [0.1, 0.15) is 11.5 Å². The van der Waals surface area contributed by atoms with Crippen molar-refractivity contribution in [2.45, 2.75) is 13.5 Å². The van der Waals surface area contributed by atoms with Gasteiger partial charge in [-0.25, -0.2) is 9.97 Å². The number of hydrogen-bond donors (Lipinski definition) is 1. The van der Waals surface area contributed by atoms with Crippen molar-refractivity contribution in [3.8, 4) is 5.82 Å². The van der Waals surface area contributed by atoms with Crippen LogP contribution in [0.5, 0.6) is 0 Å². The first kappa shape index (κ1) is 12.4. The highest BCUT2D eigenvalue weighted by molar-refractivity contribution is 5.57. The number of imidazole rings is 1. The summed E-state index contributed by atoms with van der Waals surface area (Å²) >= 11 is 0. The average molecular weight is 268 g/mol. The molecule has 6 heteroatoms. The van der Waals surface area contributed by atoms with Gasteiger partial charge < -0.3 is 5.32 Å². The van der Waals surface area contributed by atoms with Crippen LogP contribution in [0.3, 0.4) is 0 Å². The molecule has 3 rings (SSSR count). The number of rotatable bonds is 4. The second-order valence-electron chi connectivity index (χ2n) is 4.52. The lowest BCUT2D eigenvalue weighted by atomic mass is 10.3. The van der Waals surface area contributed by atoms with E-state index in [4.69, 9.17) is 0 Å². The molecule has 0 atom stereocenters. The maximum atomic E-state index is 4.44. The molecule has 0 saturated heterocycles. The van der Waals surface area contributed by atoms with Gasteiger partial charge >= 0.3 is 0 Å². The monoisotopic (exact) mass is 268 g/mol. The fourth-order valence-electron chi connectivity index (χ4n) is 2.09. The molecule has 20 heavy (non-hydrogen) atoms. The minimum Gasteiger partial charge on any atom is -0.376 e. The molecular formula is C14H16N6. The summed E-state index contributed by atoms with van der Waals surface area (Å²) in [6.45, 7) is 2.66. The number of nitrogens with one attached hydrogen (secondary N) is 1.